The summed E-state index contributed by atoms with van der Waals surface area (Å²) in [6.45, 7) is 0.437. The molecule has 86 valence electrons. The maximum absolute atomic E-state index is 11.1. The highest BCUT2D eigenvalue weighted by Gasteiger charge is 2.41. The number of aliphatic carboxylic acids is 1. The van der Waals surface area contributed by atoms with E-state index < -0.39 is 12.0 Å². The van der Waals surface area contributed by atoms with Gasteiger partial charge >= 0.3 is 5.97 Å². The number of hydrogen-bond acceptors (Lipinski definition) is 3. The van der Waals surface area contributed by atoms with Gasteiger partial charge in [-0.05, 0) is 19.3 Å². The average molecular weight is 222 g/mol. The Morgan fingerprint density at radius 1 is 1.56 bits per heavy atom. The van der Waals surface area contributed by atoms with E-state index >= 15 is 0 Å². The Morgan fingerprint density at radius 3 is 2.94 bits per heavy atom. The van der Waals surface area contributed by atoms with Crippen molar-refractivity contribution in [1.29, 1.82) is 0 Å². The summed E-state index contributed by atoms with van der Waals surface area (Å²) in [4.78, 5) is 21.7. The number of carbonyl (C=O) groups is 1. The van der Waals surface area contributed by atoms with Crippen molar-refractivity contribution in [2.75, 3.05) is 6.54 Å². The lowest BCUT2D eigenvalue weighted by Gasteiger charge is -2.22. The lowest BCUT2D eigenvalue weighted by molar-refractivity contribution is -0.143. The fourth-order valence-corrected chi connectivity index (χ4v) is 2.49. The zero-order valence-electron chi connectivity index (χ0n) is 8.87. The molecule has 1 N–H and O–H groups in total. The third-order valence-corrected chi connectivity index (χ3v) is 3.25. The Morgan fingerprint density at radius 2 is 2.38 bits per heavy atom. The normalized spacial score (nSPS) is 29.0. The molecule has 0 aromatic heterocycles. The van der Waals surface area contributed by atoms with Crippen molar-refractivity contribution >= 4 is 5.97 Å². The van der Waals surface area contributed by atoms with E-state index in [1.165, 1.54) is 0 Å². The van der Waals surface area contributed by atoms with Crippen LogP contribution in [0.4, 0.5) is 0 Å². The topological polar surface area (TPSA) is 70.0 Å². The number of nitrogens with zero attached hydrogens (tertiary/aromatic N) is 2. The smallest absolute Gasteiger partial charge is 0.328 e. The van der Waals surface area contributed by atoms with Gasteiger partial charge in [-0.25, -0.2) is 9.80 Å². The molecule has 5 nitrogen and oxygen atoms in total. The summed E-state index contributed by atoms with van der Waals surface area (Å²) in [7, 11) is 0. The first kappa shape index (κ1) is 10.9. The van der Waals surface area contributed by atoms with Crippen LogP contribution < -0.4 is 0 Å². The van der Waals surface area contributed by atoms with Gasteiger partial charge in [0.1, 0.15) is 0 Å². The highest BCUT2D eigenvalue weighted by atomic mass is 16.4. The molecular formula is C11H14N2O3. The van der Waals surface area contributed by atoms with Crippen molar-refractivity contribution < 1.29 is 9.90 Å². The molecule has 16 heavy (non-hydrogen) atoms. The second-order valence-electron chi connectivity index (χ2n) is 4.13. The van der Waals surface area contributed by atoms with Crippen LogP contribution in [-0.2, 0) is 4.79 Å². The van der Waals surface area contributed by atoms with Gasteiger partial charge in [0.2, 0.25) is 0 Å². The van der Waals surface area contributed by atoms with Gasteiger partial charge in [-0.1, -0.05) is 23.8 Å². The molecule has 2 aliphatic rings. The Balaban J connectivity index is 2.20. The van der Waals surface area contributed by atoms with Crippen LogP contribution in [0.1, 0.15) is 19.3 Å². The van der Waals surface area contributed by atoms with Gasteiger partial charge in [0, 0.05) is 12.5 Å². The van der Waals surface area contributed by atoms with Gasteiger partial charge in [0.15, 0.2) is 6.04 Å². The fourth-order valence-electron chi connectivity index (χ4n) is 2.49. The Hall–Kier alpha value is -1.65. The van der Waals surface area contributed by atoms with Crippen molar-refractivity contribution in [3.8, 4) is 0 Å². The summed E-state index contributed by atoms with van der Waals surface area (Å²) < 4.78 is 0. The van der Waals surface area contributed by atoms with Crippen LogP contribution in [0.15, 0.2) is 29.1 Å². The number of allylic oxidation sites excluding steroid dienone is 3. The number of rotatable bonds is 3. The predicted molar refractivity (Wildman–Crippen MR) is 58.5 cm³/mol. The minimum absolute atomic E-state index is 0.0693. The first-order valence-electron chi connectivity index (χ1n) is 5.42. The number of hydrogen-bond donors (Lipinski definition) is 1. The lowest BCUT2D eigenvalue weighted by atomic mass is 9.86. The molecule has 1 aliphatic carbocycles. The van der Waals surface area contributed by atoms with Crippen molar-refractivity contribution in [2.45, 2.75) is 25.3 Å². The highest BCUT2D eigenvalue weighted by Crippen LogP contribution is 2.34. The van der Waals surface area contributed by atoms with Crippen LogP contribution in [0.3, 0.4) is 0 Å². The molecule has 0 saturated carbocycles. The van der Waals surface area contributed by atoms with Crippen LogP contribution in [0.2, 0.25) is 0 Å². The molecule has 1 fully saturated rings. The molecule has 2 rings (SSSR count). The largest absolute Gasteiger partial charge is 0.480 e. The molecule has 0 amide bonds. The van der Waals surface area contributed by atoms with E-state index in [1.807, 2.05) is 12.2 Å². The van der Waals surface area contributed by atoms with Gasteiger partial charge in [0.25, 0.3) is 0 Å². The first-order chi connectivity index (χ1) is 7.74. The minimum Gasteiger partial charge on any atom is -0.480 e. The summed E-state index contributed by atoms with van der Waals surface area (Å²) in [6, 6.07) is -0.782. The van der Waals surface area contributed by atoms with Gasteiger partial charge < -0.3 is 5.11 Å². The summed E-state index contributed by atoms with van der Waals surface area (Å²) in [5.41, 5.74) is 1.13. The zero-order valence-corrected chi connectivity index (χ0v) is 8.87. The quantitative estimate of drug-likeness (QED) is 0.738. The van der Waals surface area contributed by atoms with E-state index in [0.29, 0.717) is 13.0 Å². The first-order valence-corrected chi connectivity index (χ1v) is 5.42. The molecule has 0 aromatic rings. The molecule has 0 unspecified atom stereocenters. The Labute approximate surface area is 93.4 Å². The van der Waals surface area contributed by atoms with Crippen molar-refractivity contribution in [3.63, 3.8) is 0 Å². The van der Waals surface area contributed by atoms with Crippen LogP contribution in [0, 0.1) is 10.8 Å². The minimum atomic E-state index is -0.961. The van der Waals surface area contributed by atoms with E-state index in [1.54, 1.807) is 0 Å². The SMILES string of the molecule is O=NN1CC[C@H](C2=CC=CCC2)[C@H]1C(=O)O. The van der Waals surface area contributed by atoms with Crippen molar-refractivity contribution in [2.24, 2.45) is 11.2 Å². The molecule has 0 aromatic carbocycles. The molecule has 0 spiro atoms. The predicted octanol–water partition coefficient (Wildman–Crippen LogP) is 1.72. The number of nitroso groups, excluding NO2 is 1. The van der Waals surface area contributed by atoms with E-state index in [9.17, 15) is 9.70 Å². The lowest BCUT2D eigenvalue weighted by Crippen LogP contribution is -2.37. The molecule has 1 aliphatic heterocycles. The second-order valence-corrected chi connectivity index (χ2v) is 4.13. The van der Waals surface area contributed by atoms with Crippen LogP contribution in [0.25, 0.3) is 0 Å². The Kier molecular flexibility index (Phi) is 3.03. The molecule has 5 heteroatoms. The summed E-state index contributed by atoms with van der Waals surface area (Å²) in [6.07, 6.45) is 8.51. The van der Waals surface area contributed by atoms with Gasteiger partial charge in [-0.15, -0.1) is 4.91 Å². The van der Waals surface area contributed by atoms with Crippen LogP contribution >= 0.6 is 0 Å². The van der Waals surface area contributed by atoms with Gasteiger partial charge in [-0.3, -0.25) is 0 Å². The second kappa shape index (κ2) is 4.47. The molecule has 1 saturated heterocycles. The van der Waals surface area contributed by atoms with E-state index in [2.05, 4.69) is 11.4 Å². The van der Waals surface area contributed by atoms with Gasteiger partial charge in [0.05, 0.1) is 5.29 Å². The summed E-state index contributed by atoms with van der Waals surface area (Å²) >= 11 is 0. The van der Waals surface area contributed by atoms with E-state index in [-0.39, 0.29) is 5.92 Å². The number of carboxylic acid groups (broad SMARTS) is 1. The van der Waals surface area contributed by atoms with Gasteiger partial charge in [-0.2, -0.15) is 0 Å². The maximum atomic E-state index is 11.1. The van der Waals surface area contributed by atoms with E-state index in [4.69, 9.17) is 5.11 Å². The molecule has 0 bridgehead atoms. The monoisotopic (exact) mass is 222 g/mol. The van der Waals surface area contributed by atoms with Crippen molar-refractivity contribution in [3.05, 3.63) is 28.7 Å². The van der Waals surface area contributed by atoms with Crippen LogP contribution in [0.5, 0.6) is 0 Å². The highest BCUT2D eigenvalue weighted by molar-refractivity contribution is 5.75. The third kappa shape index (κ3) is 1.85. The molecule has 1 heterocycles. The Bertz CT molecular complexity index is 362. The van der Waals surface area contributed by atoms with E-state index in [0.717, 1.165) is 23.4 Å². The standard InChI is InChI=1S/C11H14N2O3/c14-11(15)10-9(6-7-13(10)12-16)8-4-2-1-3-5-8/h1-2,4,9-10H,3,5-7H2,(H,14,15)/t9-,10+/m1/s1. The molecule has 0 radical (unpaired) electrons. The fraction of sp³-hybridized carbons (Fsp3) is 0.545. The third-order valence-electron chi connectivity index (χ3n) is 3.25. The molecular weight excluding hydrogens is 208 g/mol. The van der Waals surface area contributed by atoms with Crippen molar-refractivity contribution in [1.82, 2.24) is 5.01 Å². The maximum Gasteiger partial charge on any atom is 0.328 e. The zero-order chi connectivity index (χ0) is 11.5. The average Bonchev–Trinajstić information content (AvgIpc) is 2.73. The number of carboxylic acids is 1. The summed E-state index contributed by atoms with van der Waals surface area (Å²) in [5.74, 6) is -1.03. The van der Waals surface area contributed by atoms with Crippen LogP contribution in [-0.4, -0.2) is 28.7 Å². The molecule has 2 atom stereocenters. The summed E-state index contributed by atoms with van der Waals surface area (Å²) in [5, 5.41) is 13.1.